The van der Waals surface area contributed by atoms with Gasteiger partial charge in [-0.3, -0.25) is 0 Å². The molecule has 0 saturated heterocycles. The number of aryl methyl sites for hydroxylation is 1. The molecular formula is C12H8Cl2N2O2S. The van der Waals surface area contributed by atoms with E-state index in [0.29, 0.717) is 20.9 Å². The highest BCUT2D eigenvalue weighted by molar-refractivity contribution is 7.99. The first-order chi connectivity index (χ1) is 8.95. The van der Waals surface area contributed by atoms with E-state index in [1.807, 2.05) is 0 Å². The zero-order valence-corrected chi connectivity index (χ0v) is 12.1. The second-order valence-electron chi connectivity index (χ2n) is 3.65. The van der Waals surface area contributed by atoms with Crippen molar-refractivity contribution in [3.8, 4) is 0 Å². The Morgan fingerprint density at radius 2 is 1.89 bits per heavy atom. The van der Waals surface area contributed by atoms with Gasteiger partial charge in [-0.1, -0.05) is 35.0 Å². The van der Waals surface area contributed by atoms with E-state index in [2.05, 4.69) is 9.97 Å². The predicted octanol–water partition coefficient (Wildman–Crippen LogP) is 3.94. The van der Waals surface area contributed by atoms with Gasteiger partial charge in [0.05, 0.1) is 0 Å². The molecule has 1 heterocycles. The lowest BCUT2D eigenvalue weighted by Gasteiger charge is -2.06. The van der Waals surface area contributed by atoms with Crippen LogP contribution in [0.3, 0.4) is 0 Å². The van der Waals surface area contributed by atoms with Crippen molar-refractivity contribution in [3.63, 3.8) is 0 Å². The summed E-state index contributed by atoms with van der Waals surface area (Å²) in [6.07, 6.45) is 1.29. The topological polar surface area (TPSA) is 63.1 Å². The fourth-order valence-electron chi connectivity index (χ4n) is 1.37. The van der Waals surface area contributed by atoms with Gasteiger partial charge in [0, 0.05) is 21.1 Å². The smallest absolute Gasteiger partial charge is 0.340 e. The van der Waals surface area contributed by atoms with E-state index in [1.165, 1.54) is 18.0 Å². The van der Waals surface area contributed by atoms with Crippen LogP contribution in [0.25, 0.3) is 0 Å². The van der Waals surface area contributed by atoms with Crippen molar-refractivity contribution in [3.05, 3.63) is 45.8 Å². The minimum Gasteiger partial charge on any atom is -0.478 e. The van der Waals surface area contributed by atoms with Crippen LogP contribution in [0.4, 0.5) is 0 Å². The second-order valence-corrected chi connectivity index (χ2v) is 5.58. The zero-order chi connectivity index (χ0) is 14.0. The van der Waals surface area contributed by atoms with E-state index >= 15 is 0 Å². The summed E-state index contributed by atoms with van der Waals surface area (Å²) in [5.41, 5.74) is 0.0479. The minimum atomic E-state index is -1.07. The number of aromatic nitrogens is 2. The van der Waals surface area contributed by atoms with Gasteiger partial charge in [-0.2, -0.15) is 0 Å². The molecule has 0 amide bonds. The highest BCUT2D eigenvalue weighted by Crippen LogP contribution is 2.32. The maximum absolute atomic E-state index is 11.1. The standard InChI is InChI=1S/C12H8Cl2N2O2S/c1-6-15-5-10(12(17)18)11(16-6)19-9-3-7(13)2-8(14)4-9/h2-5H,1H3,(H,17,18). The lowest BCUT2D eigenvalue weighted by molar-refractivity contribution is 0.0691. The maximum Gasteiger partial charge on any atom is 0.340 e. The van der Waals surface area contributed by atoms with Crippen molar-refractivity contribution < 1.29 is 9.90 Å². The van der Waals surface area contributed by atoms with Crippen LogP contribution in [0.5, 0.6) is 0 Å². The summed E-state index contributed by atoms with van der Waals surface area (Å²) in [7, 11) is 0. The fourth-order valence-corrected chi connectivity index (χ4v) is 3.05. The first kappa shape index (κ1) is 14.1. The molecule has 0 saturated carbocycles. The molecule has 7 heteroatoms. The van der Waals surface area contributed by atoms with E-state index in [1.54, 1.807) is 25.1 Å². The average Bonchev–Trinajstić information content (AvgIpc) is 2.26. The average molecular weight is 315 g/mol. The van der Waals surface area contributed by atoms with Gasteiger partial charge in [0.2, 0.25) is 0 Å². The van der Waals surface area contributed by atoms with Crippen molar-refractivity contribution in [2.75, 3.05) is 0 Å². The highest BCUT2D eigenvalue weighted by atomic mass is 35.5. The Labute approximate surface area is 123 Å². The highest BCUT2D eigenvalue weighted by Gasteiger charge is 2.14. The summed E-state index contributed by atoms with van der Waals surface area (Å²) in [5.74, 6) is -0.573. The first-order valence-electron chi connectivity index (χ1n) is 5.16. The van der Waals surface area contributed by atoms with Crippen LogP contribution >= 0.6 is 35.0 Å². The number of nitrogens with zero attached hydrogens (tertiary/aromatic N) is 2. The van der Waals surface area contributed by atoms with Crippen molar-refractivity contribution in [2.45, 2.75) is 16.8 Å². The van der Waals surface area contributed by atoms with Gasteiger partial charge in [-0.05, 0) is 25.1 Å². The molecule has 1 N–H and O–H groups in total. The van der Waals surface area contributed by atoms with Gasteiger partial charge in [-0.25, -0.2) is 14.8 Å². The van der Waals surface area contributed by atoms with Crippen LogP contribution in [0.1, 0.15) is 16.2 Å². The number of hydrogen-bond acceptors (Lipinski definition) is 4. The summed E-state index contributed by atoms with van der Waals surface area (Å²) in [6, 6.07) is 5.00. The van der Waals surface area contributed by atoms with E-state index < -0.39 is 5.97 Å². The van der Waals surface area contributed by atoms with Gasteiger partial charge in [0.25, 0.3) is 0 Å². The molecule has 0 unspecified atom stereocenters. The quantitative estimate of drug-likeness (QED) is 0.869. The predicted molar refractivity (Wildman–Crippen MR) is 74.3 cm³/mol. The zero-order valence-electron chi connectivity index (χ0n) is 9.72. The number of aromatic carboxylic acids is 1. The number of halogens is 2. The van der Waals surface area contributed by atoms with Crippen LogP contribution in [-0.2, 0) is 0 Å². The Morgan fingerprint density at radius 3 is 2.47 bits per heavy atom. The van der Waals surface area contributed by atoms with Crippen LogP contribution in [0.2, 0.25) is 10.0 Å². The molecule has 98 valence electrons. The Bertz CT molecular complexity index is 629. The fraction of sp³-hybridized carbons (Fsp3) is 0.0833. The van der Waals surface area contributed by atoms with Gasteiger partial charge >= 0.3 is 5.97 Å². The molecule has 0 radical (unpaired) electrons. The summed E-state index contributed by atoms with van der Waals surface area (Å²) in [5, 5.41) is 10.4. The summed E-state index contributed by atoms with van der Waals surface area (Å²) in [6.45, 7) is 1.70. The number of benzene rings is 1. The SMILES string of the molecule is Cc1ncc(C(=O)O)c(Sc2cc(Cl)cc(Cl)c2)n1. The number of hydrogen-bond donors (Lipinski definition) is 1. The molecule has 4 nitrogen and oxygen atoms in total. The Kier molecular flexibility index (Phi) is 4.29. The van der Waals surface area contributed by atoms with E-state index in [0.717, 1.165) is 4.90 Å². The lowest BCUT2D eigenvalue weighted by Crippen LogP contribution is -2.03. The summed E-state index contributed by atoms with van der Waals surface area (Å²) < 4.78 is 0. The molecule has 0 aliphatic heterocycles. The molecule has 0 bridgehead atoms. The maximum atomic E-state index is 11.1. The monoisotopic (exact) mass is 314 g/mol. The molecule has 0 atom stereocenters. The largest absolute Gasteiger partial charge is 0.478 e. The normalized spacial score (nSPS) is 10.5. The van der Waals surface area contributed by atoms with Crippen LogP contribution < -0.4 is 0 Å². The molecule has 1 aromatic heterocycles. The third-order valence-electron chi connectivity index (χ3n) is 2.16. The molecule has 0 fully saturated rings. The van der Waals surface area contributed by atoms with Crippen LogP contribution in [0.15, 0.2) is 34.3 Å². The van der Waals surface area contributed by atoms with Crippen LogP contribution in [-0.4, -0.2) is 21.0 Å². The van der Waals surface area contributed by atoms with Crippen molar-refractivity contribution >= 4 is 40.9 Å². The van der Waals surface area contributed by atoms with Gasteiger partial charge in [0.15, 0.2) is 0 Å². The van der Waals surface area contributed by atoms with Gasteiger partial charge in [0.1, 0.15) is 16.4 Å². The van der Waals surface area contributed by atoms with Crippen molar-refractivity contribution in [1.29, 1.82) is 0 Å². The Hall–Kier alpha value is -1.30. The molecule has 19 heavy (non-hydrogen) atoms. The molecular weight excluding hydrogens is 307 g/mol. The molecule has 0 aliphatic carbocycles. The van der Waals surface area contributed by atoms with Crippen LogP contribution in [0, 0.1) is 6.92 Å². The number of carbonyl (C=O) groups is 1. The number of carboxylic acid groups (broad SMARTS) is 1. The van der Waals surface area contributed by atoms with Crippen molar-refractivity contribution in [2.24, 2.45) is 0 Å². The summed E-state index contributed by atoms with van der Waals surface area (Å²) >= 11 is 13.0. The van der Waals surface area contributed by atoms with Gasteiger partial charge < -0.3 is 5.11 Å². The van der Waals surface area contributed by atoms with E-state index in [-0.39, 0.29) is 5.56 Å². The number of carboxylic acids is 1. The molecule has 1 aromatic carbocycles. The minimum absolute atomic E-state index is 0.0479. The van der Waals surface area contributed by atoms with E-state index in [9.17, 15) is 4.79 Å². The van der Waals surface area contributed by atoms with Gasteiger partial charge in [-0.15, -0.1) is 0 Å². The molecule has 0 aliphatic rings. The van der Waals surface area contributed by atoms with Crippen molar-refractivity contribution in [1.82, 2.24) is 9.97 Å². The Morgan fingerprint density at radius 1 is 1.26 bits per heavy atom. The van der Waals surface area contributed by atoms with E-state index in [4.69, 9.17) is 28.3 Å². The molecule has 0 spiro atoms. The summed E-state index contributed by atoms with van der Waals surface area (Å²) in [4.78, 5) is 19.8. The second kappa shape index (κ2) is 5.77. The third-order valence-corrected chi connectivity index (χ3v) is 3.57. The molecule has 2 aromatic rings. The lowest BCUT2D eigenvalue weighted by atomic mass is 10.3. The molecule has 2 rings (SSSR count). The first-order valence-corrected chi connectivity index (χ1v) is 6.74. The Balaban J connectivity index is 2.42. The number of rotatable bonds is 3. The third kappa shape index (κ3) is 3.59.